The highest BCUT2D eigenvalue weighted by atomic mass is 14.9. The van der Waals surface area contributed by atoms with Crippen molar-refractivity contribution in [2.75, 3.05) is 6.54 Å². The van der Waals surface area contributed by atoms with Gasteiger partial charge < -0.3 is 5.32 Å². The van der Waals surface area contributed by atoms with Gasteiger partial charge in [-0.25, -0.2) is 0 Å². The molecule has 0 aromatic carbocycles. The average Bonchev–Trinajstić information content (AvgIpc) is 2.35. The molecule has 1 heterocycles. The summed E-state index contributed by atoms with van der Waals surface area (Å²) in [7, 11) is 0. The van der Waals surface area contributed by atoms with Crippen molar-refractivity contribution in [3.05, 3.63) is 29.6 Å². The second kappa shape index (κ2) is 8.24. The summed E-state index contributed by atoms with van der Waals surface area (Å²) in [5.41, 5.74) is 2.56. The standard InChI is InChI=1S/C15H26N2/c1-4-6-9-14(16-10-5-2)12-15-13(3)8-7-11-17-15/h7-8,11,14,16H,4-6,9-10,12H2,1-3H3. The highest BCUT2D eigenvalue weighted by molar-refractivity contribution is 5.18. The van der Waals surface area contributed by atoms with Crippen LogP contribution in [0.2, 0.25) is 0 Å². The van der Waals surface area contributed by atoms with E-state index in [4.69, 9.17) is 0 Å². The van der Waals surface area contributed by atoms with Crippen LogP contribution in [-0.4, -0.2) is 17.6 Å². The molecule has 2 heteroatoms. The zero-order valence-corrected chi connectivity index (χ0v) is 11.5. The number of hydrogen-bond acceptors (Lipinski definition) is 2. The Labute approximate surface area is 106 Å². The molecule has 1 rings (SSSR count). The maximum atomic E-state index is 4.49. The van der Waals surface area contributed by atoms with Gasteiger partial charge in [0.2, 0.25) is 0 Å². The number of pyridine rings is 1. The van der Waals surface area contributed by atoms with E-state index in [1.807, 2.05) is 12.3 Å². The number of nitrogens with one attached hydrogen (secondary N) is 1. The van der Waals surface area contributed by atoms with Crippen LogP contribution < -0.4 is 5.32 Å². The van der Waals surface area contributed by atoms with Crippen LogP contribution in [0.15, 0.2) is 18.3 Å². The largest absolute Gasteiger partial charge is 0.314 e. The van der Waals surface area contributed by atoms with Crippen molar-refractivity contribution in [3.63, 3.8) is 0 Å². The summed E-state index contributed by atoms with van der Waals surface area (Å²) < 4.78 is 0. The van der Waals surface area contributed by atoms with Crippen molar-refractivity contribution in [1.29, 1.82) is 0 Å². The fourth-order valence-corrected chi connectivity index (χ4v) is 2.04. The van der Waals surface area contributed by atoms with Crippen molar-refractivity contribution < 1.29 is 0 Å². The summed E-state index contributed by atoms with van der Waals surface area (Å²) >= 11 is 0. The van der Waals surface area contributed by atoms with Crippen molar-refractivity contribution in [2.45, 2.75) is 58.9 Å². The van der Waals surface area contributed by atoms with Gasteiger partial charge in [0.15, 0.2) is 0 Å². The molecule has 0 aliphatic rings. The minimum Gasteiger partial charge on any atom is -0.314 e. The molecule has 0 saturated carbocycles. The van der Waals surface area contributed by atoms with E-state index in [1.54, 1.807) is 0 Å². The van der Waals surface area contributed by atoms with E-state index in [1.165, 1.54) is 36.9 Å². The molecule has 0 saturated heterocycles. The molecule has 17 heavy (non-hydrogen) atoms. The summed E-state index contributed by atoms with van der Waals surface area (Å²) in [6, 6.07) is 4.75. The average molecular weight is 234 g/mol. The molecule has 0 radical (unpaired) electrons. The minimum absolute atomic E-state index is 0.587. The van der Waals surface area contributed by atoms with Gasteiger partial charge in [-0.2, -0.15) is 0 Å². The van der Waals surface area contributed by atoms with E-state index in [-0.39, 0.29) is 0 Å². The molecule has 96 valence electrons. The normalized spacial score (nSPS) is 12.6. The van der Waals surface area contributed by atoms with Crippen LogP contribution >= 0.6 is 0 Å². The molecule has 1 atom stereocenters. The summed E-state index contributed by atoms with van der Waals surface area (Å²) in [6.45, 7) is 7.73. The van der Waals surface area contributed by atoms with Crippen molar-refractivity contribution in [1.82, 2.24) is 10.3 Å². The minimum atomic E-state index is 0.587. The van der Waals surface area contributed by atoms with E-state index in [0.29, 0.717) is 6.04 Å². The molecule has 2 nitrogen and oxygen atoms in total. The van der Waals surface area contributed by atoms with Crippen LogP contribution in [0.5, 0.6) is 0 Å². The number of aromatic nitrogens is 1. The van der Waals surface area contributed by atoms with Crippen molar-refractivity contribution in [2.24, 2.45) is 0 Å². The van der Waals surface area contributed by atoms with Gasteiger partial charge in [0, 0.05) is 24.4 Å². The van der Waals surface area contributed by atoms with Crippen molar-refractivity contribution in [3.8, 4) is 0 Å². The number of rotatable bonds is 8. The van der Waals surface area contributed by atoms with Gasteiger partial charge in [0.25, 0.3) is 0 Å². The molecule has 1 aromatic rings. The van der Waals surface area contributed by atoms with E-state index < -0.39 is 0 Å². The van der Waals surface area contributed by atoms with Gasteiger partial charge in [0.1, 0.15) is 0 Å². The second-order valence-corrected chi connectivity index (χ2v) is 4.76. The molecular formula is C15H26N2. The number of unbranched alkanes of at least 4 members (excludes halogenated alkanes) is 1. The first-order valence-electron chi connectivity index (χ1n) is 6.91. The molecule has 0 bridgehead atoms. The Morgan fingerprint density at radius 3 is 2.76 bits per heavy atom. The third kappa shape index (κ3) is 5.31. The van der Waals surface area contributed by atoms with Crippen LogP contribution in [0.4, 0.5) is 0 Å². The van der Waals surface area contributed by atoms with Crippen LogP contribution in [0, 0.1) is 6.92 Å². The predicted molar refractivity (Wildman–Crippen MR) is 74.3 cm³/mol. The monoisotopic (exact) mass is 234 g/mol. The Kier molecular flexibility index (Phi) is 6.87. The molecule has 0 amide bonds. The topological polar surface area (TPSA) is 24.9 Å². The molecule has 0 fully saturated rings. The van der Waals surface area contributed by atoms with E-state index in [9.17, 15) is 0 Å². The number of nitrogens with zero attached hydrogens (tertiary/aromatic N) is 1. The molecule has 1 unspecified atom stereocenters. The quantitative estimate of drug-likeness (QED) is 0.745. The predicted octanol–water partition coefficient (Wildman–Crippen LogP) is 3.49. The molecule has 1 N–H and O–H groups in total. The zero-order chi connectivity index (χ0) is 12.5. The second-order valence-electron chi connectivity index (χ2n) is 4.76. The first kappa shape index (κ1) is 14.2. The third-order valence-corrected chi connectivity index (χ3v) is 3.15. The van der Waals surface area contributed by atoms with Gasteiger partial charge in [-0.05, 0) is 37.9 Å². The van der Waals surface area contributed by atoms with Crippen LogP contribution in [-0.2, 0) is 6.42 Å². The molecule has 1 aromatic heterocycles. The fourth-order valence-electron chi connectivity index (χ4n) is 2.04. The summed E-state index contributed by atoms with van der Waals surface area (Å²) in [4.78, 5) is 4.49. The smallest absolute Gasteiger partial charge is 0.0448 e. The maximum Gasteiger partial charge on any atom is 0.0448 e. The zero-order valence-electron chi connectivity index (χ0n) is 11.5. The van der Waals surface area contributed by atoms with Crippen molar-refractivity contribution >= 4 is 0 Å². The Hall–Kier alpha value is -0.890. The Morgan fingerprint density at radius 1 is 1.29 bits per heavy atom. The SMILES string of the molecule is CCCCC(Cc1ncccc1C)NCCC. The number of aryl methyl sites for hydroxylation is 1. The molecule has 0 aliphatic carbocycles. The van der Waals surface area contributed by atoms with Gasteiger partial charge in [-0.1, -0.05) is 32.8 Å². The number of hydrogen-bond donors (Lipinski definition) is 1. The molecular weight excluding hydrogens is 208 g/mol. The third-order valence-electron chi connectivity index (χ3n) is 3.15. The summed E-state index contributed by atoms with van der Waals surface area (Å²) in [6.07, 6.45) is 7.99. The lowest BCUT2D eigenvalue weighted by Gasteiger charge is -2.18. The van der Waals surface area contributed by atoms with Gasteiger partial charge >= 0.3 is 0 Å². The Morgan fingerprint density at radius 2 is 2.12 bits per heavy atom. The van der Waals surface area contributed by atoms with E-state index in [2.05, 4.69) is 37.1 Å². The molecule has 0 spiro atoms. The first-order valence-corrected chi connectivity index (χ1v) is 6.91. The van der Waals surface area contributed by atoms with Crippen LogP contribution in [0.3, 0.4) is 0 Å². The highest BCUT2D eigenvalue weighted by Gasteiger charge is 2.10. The Balaban J connectivity index is 2.55. The highest BCUT2D eigenvalue weighted by Crippen LogP contribution is 2.10. The van der Waals surface area contributed by atoms with Gasteiger partial charge in [0.05, 0.1) is 0 Å². The lowest BCUT2D eigenvalue weighted by molar-refractivity contribution is 0.458. The lowest BCUT2D eigenvalue weighted by Crippen LogP contribution is -2.32. The fraction of sp³-hybridized carbons (Fsp3) is 0.667. The Bertz CT molecular complexity index is 302. The van der Waals surface area contributed by atoms with Gasteiger partial charge in [-0.15, -0.1) is 0 Å². The maximum absolute atomic E-state index is 4.49. The van der Waals surface area contributed by atoms with Crippen LogP contribution in [0.25, 0.3) is 0 Å². The van der Waals surface area contributed by atoms with Gasteiger partial charge in [-0.3, -0.25) is 4.98 Å². The van der Waals surface area contributed by atoms with E-state index in [0.717, 1.165) is 13.0 Å². The summed E-state index contributed by atoms with van der Waals surface area (Å²) in [5.74, 6) is 0. The lowest BCUT2D eigenvalue weighted by atomic mass is 10.0. The van der Waals surface area contributed by atoms with E-state index >= 15 is 0 Å². The molecule has 0 aliphatic heterocycles. The first-order chi connectivity index (χ1) is 8.27. The summed E-state index contributed by atoms with van der Waals surface area (Å²) in [5, 5.41) is 3.64. The van der Waals surface area contributed by atoms with Crippen LogP contribution in [0.1, 0.15) is 50.8 Å².